The summed E-state index contributed by atoms with van der Waals surface area (Å²) in [6.45, 7) is 0. The Labute approximate surface area is 132 Å². The quantitative estimate of drug-likeness (QED) is 0.261. The molecule has 10 heteroatoms. The van der Waals surface area contributed by atoms with Gasteiger partial charge >= 0.3 is 5.69 Å². The number of hydrogen-bond acceptors (Lipinski definition) is 7. The van der Waals surface area contributed by atoms with Crippen molar-refractivity contribution in [1.82, 2.24) is 4.37 Å². The van der Waals surface area contributed by atoms with Crippen molar-refractivity contribution in [2.24, 2.45) is 0 Å². The summed E-state index contributed by atoms with van der Waals surface area (Å²) in [7, 11) is 0. The summed E-state index contributed by atoms with van der Waals surface area (Å²) in [5.74, 6) is -1.12. The van der Waals surface area contributed by atoms with E-state index in [1.54, 1.807) is 12.1 Å². The zero-order valence-corrected chi connectivity index (χ0v) is 12.4. The van der Waals surface area contributed by atoms with E-state index >= 15 is 0 Å². The number of nitro benzene ring substituents is 1. The van der Waals surface area contributed by atoms with Gasteiger partial charge in [0, 0.05) is 45.6 Å². The van der Waals surface area contributed by atoms with Gasteiger partial charge in [0.25, 0.3) is 22.8 Å². The maximum Gasteiger partial charge on any atom is 0.321 e. The summed E-state index contributed by atoms with van der Waals surface area (Å²) >= 11 is 0.490. The molecule has 0 saturated heterocycles. The number of non-ortho nitro benzene ring substituents is 1. The third-order valence-corrected chi connectivity index (χ3v) is 2.91. The SMILES string of the molecule is N#CC(C#N)c1ccc([N+](=O)[O-])c2c1ns[n+]2[O-].[Na]. The molecule has 0 aliphatic heterocycles. The van der Waals surface area contributed by atoms with Gasteiger partial charge in [0.05, 0.1) is 17.1 Å². The molecule has 8 nitrogen and oxygen atoms in total. The van der Waals surface area contributed by atoms with Crippen LogP contribution in [0.4, 0.5) is 5.69 Å². The molecular weight excluding hydrogens is 281 g/mol. The van der Waals surface area contributed by atoms with Crippen molar-refractivity contribution in [2.45, 2.75) is 5.92 Å². The van der Waals surface area contributed by atoms with E-state index < -0.39 is 16.5 Å². The molecule has 0 saturated carbocycles. The molecule has 19 heavy (non-hydrogen) atoms. The fraction of sp³-hybridized carbons (Fsp3) is 0.111. The normalized spacial score (nSPS) is 9.63. The predicted molar refractivity (Wildman–Crippen MR) is 65.0 cm³/mol. The van der Waals surface area contributed by atoms with E-state index in [0.29, 0.717) is 15.8 Å². The molecule has 89 valence electrons. The number of nitrogens with zero attached hydrogens (tertiary/aromatic N) is 5. The molecule has 0 N–H and O–H groups in total. The van der Waals surface area contributed by atoms with Crippen LogP contribution in [0.2, 0.25) is 0 Å². The molecule has 1 aromatic heterocycles. The Bertz CT molecular complexity index is 718. The van der Waals surface area contributed by atoms with Gasteiger partial charge in [0.2, 0.25) is 0 Å². The van der Waals surface area contributed by atoms with E-state index in [0.717, 1.165) is 6.07 Å². The standard InChI is InChI=1S/C9H3N5O3S.Na/c10-3-5(4-11)6-1-2-7(13(15)16)9-8(6)12-18-14(9)17;/h1-2,5H;. The number of nitriles is 2. The molecule has 0 aliphatic rings. The van der Waals surface area contributed by atoms with Gasteiger partial charge in [-0.2, -0.15) is 14.6 Å². The fourth-order valence-corrected chi connectivity index (χ4v) is 2.14. The van der Waals surface area contributed by atoms with E-state index in [-0.39, 0.29) is 46.2 Å². The second kappa shape index (κ2) is 5.91. The topological polar surface area (TPSA) is 131 Å². The summed E-state index contributed by atoms with van der Waals surface area (Å²) in [4.78, 5) is 10.1. The van der Waals surface area contributed by atoms with Crippen LogP contribution in [-0.2, 0) is 0 Å². The van der Waals surface area contributed by atoms with Gasteiger partial charge in [-0.3, -0.25) is 10.1 Å². The molecule has 0 aliphatic carbocycles. The summed E-state index contributed by atoms with van der Waals surface area (Å²) in [5, 5.41) is 39.9. The average molecular weight is 284 g/mol. The molecule has 0 unspecified atom stereocenters. The minimum Gasteiger partial charge on any atom is -0.700 e. The molecule has 2 aromatic rings. The van der Waals surface area contributed by atoms with E-state index in [1.165, 1.54) is 6.07 Å². The van der Waals surface area contributed by atoms with Gasteiger partial charge in [-0.1, -0.05) is 0 Å². The second-order valence-electron chi connectivity index (χ2n) is 3.25. The Morgan fingerprint density at radius 3 is 2.58 bits per heavy atom. The summed E-state index contributed by atoms with van der Waals surface area (Å²) in [6, 6.07) is 5.86. The molecular formula is C9H3N5NaO3S. The van der Waals surface area contributed by atoms with Gasteiger partial charge in [0.15, 0.2) is 5.92 Å². The van der Waals surface area contributed by atoms with Crippen molar-refractivity contribution in [2.75, 3.05) is 0 Å². The number of hydrogen-bond donors (Lipinski definition) is 0. The van der Waals surface area contributed by atoms with E-state index in [4.69, 9.17) is 10.5 Å². The first kappa shape index (κ1) is 15.3. The van der Waals surface area contributed by atoms with Crippen molar-refractivity contribution in [3.05, 3.63) is 33.0 Å². The van der Waals surface area contributed by atoms with Gasteiger partial charge in [-0.15, -0.1) is 0 Å². The van der Waals surface area contributed by atoms with E-state index in [2.05, 4.69) is 4.37 Å². The first-order valence-corrected chi connectivity index (χ1v) is 5.29. The molecule has 1 heterocycles. The van der Waals surface area contributed by atoms with Crippen LogP contribution < -0.4 is 4.12 Å². The van der Waals surface area contributed by atoms with Crippen LogP contribution in [0.25, 0.3) is 11.0 Å². The number of aromatic nitrogens is 2. The minimum absolute atomic E-state index is 0. The van der Waals surface area contributed by atoms with Crippen LogP contribution in [0.5, 0.6) is 0 Å². The Hall–Kier alpha value is -1.78. The molecule has 0 atom stereocenters. The molecule has 1 aromatic carbocycles. The minimum atomic E-state index is -1.12. The fourth-order valence-electron chi connectivity index (χ4n) is 1.53. The van der Waals surface area contributed by atoms with Crippen molar-refractivity contribution in [3.63, 3.8) is 0 Å². The number of nitro groups is 1. The number of rotatable bonds is 2. The second-order valence-corrected chi connectivity index (χ2v) is 3.93. The van der Waals surface area contributed by atoms with Crippen molar-refractivity contribution < 1.29 is 9.04 Å². The number of fused-ring (bicyclic) bond motifs is 1. The molecule has 0 bridgehead atoms. The Morgan fingerprint density at radius 1 is 1.42 bits per heavy atom. The zero-order valence-electron chi connectivity index (χ0n) is 9.60. The van der Waals surface area contributed by atoms with Gasteiger partial charge in [-0.25, -0.2) is 0 Å². The molecule has 0 spiro atoms. The first-order chi connectivity index (χ1) is 8.60. The van der Waals surface area contributed by atoms with Crippen LogP contribution in [0.1, 0.15) is 11.5 Å². The van der Waals surface area contributed by atoms with E-state index in [9.17, 15) is 15.3 Å². The van der Waals surface area contributed by atoms with Gasteiger partial charge < -0.3 is 5.21 Å². The Kier molecular flexibility index (Phi) is 4.75. The van der Waals surface area contributed by atoms with Crippen LogP contribution >= 0.6 is 11.7 Å². The summed E-state index contributed by atoms with van der Waals surface area (Å²) < 4.78 is 4.06. The van der Waals surface area contributed by atoms with Crippen LogP contribution in [0.3, 0.4) is 0 Å². The maximum absolute atomic E-state index is 11.5. The summed E-state index contributed by atoms with van der Waals surface area (Å²) in [5.41, 5.74) is -0.395. The van der Waals surface area contributed by atoms with Crippen molar-refractivity contribution in [1.29, 1.82) is 10.5 Å². The molecule has 2 rings (SSSR count). The predicted octanol–water partition coefficient (Wildman–Crippen LogP) is 0.588. The van der Waals surface area contributed by atoms with Gasteiger partial charge in [0.1, 0.15) is 0 Å². The van der Waals surface area contributed by atoms with Crippen molar-refractivity contribution >= 4 is 58.0 Å². The zero-order chi connectivity index (χ0) is 13.3. The smallest absolute Gasteiger partial charge is 0.321 e. The van der Waals surface area contributed by atoms with Crippen LogP contribution in [0.15, 0.2) is 12.1 Å². The third-order valence-electron chi connectivity index (χ3n) is 2.32. The molecule has 0 amide bonds. The van der Waals surface area contributed by atoms with E-state index in [1.807, 2.05) is 0 Å². The van der Waals surface area contributed by atoms with Crippen LogP contribution in [-0.4, -0.2) is 38.9 Å². The Balaban J connectivity index is 0.00000180. The first-order valence-electron chi connectivity index (χ1n) is 4.56. The Morgan fingerprint density at radius 2 is 2.05 bits per heavy atom. The molecule has 0 fully saturated rings. The number of benzene rings is 1. The largest absolute Gasteiger partial charge is 0.700 e. The average Bonchev–Trinajstić information content (AvgIpc) is 2.73. The van der Waals surface area contributed by atoms with Crippen LogP contribution in [0, 0.1) is 38.0 Å². The molecule has 1 radical (unpaired) electrons. The monoisotopic (exact) mass is 284 g/mol. The third kappa shape index (κ3) is 2.50. The van der Waals surface area contributed by atoms with Crippen molar-refractivity contribution in [3.8, 4) is 12.1 Å². The summed E-state index contributed by atoms with van der Waals surface area (Å²) in [6.07, 6.45) is 0. The van der Waals surface area contributed by atoms with Gasteiger partial charge in [-0.05, 0) is 6.07 Å². The maximum atomic E-state index is 11.5.